The Hall–Kier alpha value is -1.50. The Bertz CT molecular complexity index is 375. The van der Waals surface area contributed by atoms with Crippen molar-refractivity contribution < 1.29 is 0 Å². The summed E-state index contributed by atoms with van der Waals surface area (Å²) in [5.74, 6) is 0. The number of benzene rings is 1. The van der Waals surface area contributed by atoms with Crippen LogP contribution in [0.3, 0.4) is 0 Å². The van der Waals surface area contributed by atoms with E-state index in [2.05, 4.69) is 42.6 Å². The van der Waals surface area contributed by atoms with Crippen molar-refractivity contribution in [2.75, 3.05) is 0 Å². The molecule has 1 aromatic carbocycles. The van der Waals surface area contributed by atoms with Gasteiger partial charge in [-0.05, 0) is 24.1 Å². The highest BCUT2D eigenvalue weighted by molar-refractivity contribution is 5.70. The second-order valence-corrected chi connectivity index (χ2v) is 3.43. The van der Waals surface area contributed by atoms with Crippen molar-refractivity contribution in [2.24, 2.45) is 0 Å². The van der Waals surface area contributed by atoms with E-state index in [0.717, 1.165) is 12.1 Å². The molecule has 0 aliphatic carbocycles. The number of nitrogens with zero attached hydrogens (tertiary/aromatic N) is 1. The van der Waals surface area contributed by atoms with Crippen LogP contribution in [-0.2, 0) is 6.42 Å². The van der Waals surface area contributed by atoms with Crippen LogP contribution in [-0.4, -0.2) is 0 Å². The molecule has 0 spiro atoms. The maximum atomic E-state index is 4.33. The van der Waals surface area contributed by atoms with Crippen molar-refractivity contribution in [1.29, 1.82) is 0 Å². The first kappa shape index (κ1) is 9.07. The van der Waals surface area contributed by atoms with E-state index in [1.54, 1.807) is 0 Å². The summed E-state index contributed by atoms with van der Waals surface area (Å²) in [6.07, 6.45) is 8.20. The maximum Gasteiger partial charge on any atom is 0.0705 e. The van der Waals surface area contributed by atoms with Crippen LogP contribution in [0.4, 0.5) is 0 Å². The first-order valence-electron chi connectivity index (χ1n) is 5.08. The zero-order valence-electron chi connectivity index (χ0n) is 8.40. The van der Waals surface area contributed by atoms with Crippen LogP contribution in [0.15, 0.2) is 42.6 Å². The Morgan fingerprint density at radius 1 is 1.21 bits per heavy atom. The normalized spacial score (nSPS) is 13.9. The lowest BCUT2D eigenvalue weighted by atomic mass is 10.0. The highest BCUT2D eigenvalue weighted by Gasteiger charge is 2.07. The van der Waals surface area contributed by atoms with Gasteiger partial charge < -0.3 is 0 Å². The molecule has 0 bridgehead atoms. The standard InChI is InChI=1S/C13H14N/c1-2-6-11-7-3-4-8-12(11)13-9-5-10-14-13/h3-5,7-10H,2,6H2,1H3. The molecule has 0 saturated heterocycles. The van der Waals surface area contributed by atoms with Crippen LogP contribution < -0.4 is 5.32 Å². The molecule has 0 amide bonds. The Morgan fingerprint density at radius 3 is 2.79 bits per heavy atom. The van der Waals surface area contributed by atoms with Gasteiger partial charge in [0.15, 0.2) is 0 Å². The van der Waals surface area contributed by atoms with E-state index in [9.17, 15) is 0 Å². The lowest BCUT2D eigenvalue weighted by Crippen LogP contribution is -1.97. The van der Waals surface area contributed by atoms with E-state index in [1.165, 1.54) is 17.5 Å². The second-order valence-electron chi connectivity index (χ2n) is 3.43. The third-order valence-electron chi connectivity index (χ3n) is 2.37. The lowest BCUT2D eigenvalue weighted by molar-refractivity contribution is 0.916. The molecule has 14 heavy (non-hydrogen) atoms. The zero-order chi connectivity index (χ0) is 9.80. The van der Waals surface area contributed by atoms with Crippen LogP contribution in [0, 0.1) is 0 Å². The predicted molar refractivity (Wildman–Crippen MR) is 59.7 cm³/mol. The molecule has 1 nitrogen and oxygen atoms in total. The Labute approximate surface area is 85.2 Å². The molecule has 0 unspecified atom stereocenters. The van der Waals surface area contributed by atoms with Crippen molar-refractivity contribution >= 4 is 5.70 Å². The minimum Gasteiger partial charge on any atom is -0.256 e. The van der Waals surface area contributed by atoms with Crippen LogP contribution >= 0.6 is 0 Å². The number of aryl methyl sites for hydroxylation is 1. The summed E-state index contributed by atoms with van der Waals surface area (Å²) in [5.41, 5.74) is 3.77. The topological polar surface area (TPSA) is 14.1 Å². The monoisotopic (exact) mass is 184 g/mol. The summed E-state index contributed by atoms with van der Waals surface area (Å²) in [6.45, 7) is 2.20. The summed E-state index contributed by atoms with van der Waals surface area (Å²) in [4.78, 5) is 0. The summed E-state index contributed by atoms with van der Waals surface area (Å²) < 4.78 is 0. The van der Waals surface area contributed by atoms with Crippen molar-refractivity contribution in [3.63, 3.8) is 0 Å². The fraction of sp³-hybridized carbons (Fsp3) is 0.231. The summed E-state index contributed by atoms with van der Waals surface area (Å²) in [7, 11) is 0. The Kier molecular flexibility index (Phi) is 2.68. The van der Waals surface area contributed by atoms with Gasteiger partial charge in [-0.3, -0.25) is 5.32 Å². The molecule has 71 valence electrons. The average molecular weight is 184 g/mol. The number of allylic oxidation sites excluding steroid dienone is 2. The number of hydrogen-bond donors (Lipinski definition) is 0. The SMILES string of the molecule is CCCc1ccccc1C1=CC=C[N]1. The van der Waals surface area contributed by atoms with Crippen molar-refractivity contribution in [3.05, 3.63) is 53.7 Å². The van der Waals surface area contributed by atoms with Gasteiger partial charge in [0.25, 0.3) is 0 Å². The molecule has 1 aliphatic rings. The summed E-state index contributed by atoms with van der Waals surface area (Å²) in [6, 6.07) is 8.50. The Morgan fingerprint density at radius 2 is 2.07 bits per heavy atom. The molecule has 0 aromatic heterocycles. The largest absolute Gasteiger partial charge is 0.256 e. The highest BCUT2D eigenvalue weighted by Crippen LogP contribution is 2.21. The van der Waals surface area contributed by atoms with Gasteiger partial charge in [0.05, 0.1) is 5.70 Å². The number of hydrogen-bond acceptors (Lipinski definition) is 0. The molecule has 0 atom stereocenters. The molecule has 1 heteroatoms. The first-order valence-corrected chi connectivity index (χ1v) is 5.08. The molecule has 1 aromatic rings. The molecule has 1 aliphatic heterocycles. The third-order valence-corrected chi connectivity index (χ3v) is 2.37. The summed E-state index contributed by atoms with van der Waals surface area (Å²) >= 11 is 0. The van der Waals surface area contributed by atoms with Gasteiger partial charge in [-0.2, -0.15) is 0 Å². The lowest BCUT2D eigenvalue weighted by Gasteiger charge is -2.08. The fourth-order valence-electron chi connectivity index (χ4n) is 1.72. The second kappa shape index (κ2) is 4.14. The van der Waals surface area contributed by atoms with Gasteiger partial charge in [-0.1, -0.05) is 37.6 Å². The van der Waals surface area contributed by atoms with Crippen molar-refractivity contribution in [2.45, 2.75) is 19.8 Å². The van der Waals surface area contributed by atoms with Gasteiger partial charge in [-0.15, -0.1) is 0 Å². The van der Waals surface area contributed by atoms with Crippen LogP contribution in [0.2, 0.25) is 0 Å². The molecular formula is C13H14N. The smallest absolute Gasteiger partial charge is 0.0705 e. The molecule has 0 N–H and O–H groups in total. The molecule has 1 heterocycles. The third kappa shape index (κ3) is 1.72. The van der Waals surface area contributed by atoms with Gasteiger partial charge in [0, 0.05) is 11.8 Å². The van der Waals surface area contributed by atoms with Gasteiger partial charge in [0.2, 0.25) is 0 Å². The maximum absolute atomic E-state index is 4.33. The molecule has 2 rings (SSSR count). The quantitative estimate of drug-likeness (QED) is 0.685. The van der Waals surface area contributed by atoms with E-state index < -0.39 is 0 Å². The average Bonchev–Trinajstić information content (AvgIpc) is 2.72. The van der Waals surface area contributed by atoms with E-state index in [1.807, 2.05) is 12.3 Å². The fourth-order valence-corrected chi connectivity index (χ4v) is 1.72. The van der Waals surface area contributed by atoms with Gasteiger partial charge in [-0.25, -0.2) is 0 Å². The van der Waals surface area contributed by atoms with Crippen LogP contribution in [0.5, 0.6) is 0 Å². The van der Waals surface area contributed by atoms with E-state index in [-0.39, 0.29) is 0 Å². The molecular weight excluding hydrogens is 170 g/mol. The molecule has 0 saturated carbocycles. The van der Waals surface area contributed by atoms with Crippen LogP contribution in [0.25, 0.3) is 5.70 Å². The predicted octanol–water partition coefficient (Wildman–Crippen LogP) is 3.11. The minimum absolute atomic E-state index is 1.09. The molecule has 1 radical (unpaired) electrons. The highest BCUT2D eigenvalue weighted by atomic mass is 14.9. The van der Waals surface area contributed by atoms with E-state index in [4.69, 9.17) is 0 Å². The van der Waals surface area contributed by atoms with E-state index in [0.29, 0.717) is 0 Å². The first-order chi connectivity index (χ1) is 6.92. The van der Waals surface area contributed by atoms with Gasteiger partial charge >= 0.3 is 0 Å². The van der Waals surface area contributed by atoms with Gasteiger partial charge in [0.1, 0.15) is 0 Å². The summed E-state index contributed by atoms with van der Waals surface area (Å²) in [5, 5.41) is 4.33. The van der Waals surface area contributed by atoms with Crippen LogP contribution in [0.1, 0.15) is 24.5 Å². The van der Waals surface area contributed by atoms with Crippen molar-refractivity contribution in [3.8, 4) is 0 Å². The zero-order valence-corrected chi connectivity index (χ0v) is 8.40. The molecule has 0 fully saturated rings. The number of rotatable bonds is 3. The van der Waals surface area contributed by atoms with E-state index >= 15 is 0 Å². The minimum atomic E-state index is 1.09. The Balaban J connectivity index is 2.31. The van der Waals surface area contributed by atoms with Crippen molar-refractivity contribution in [1.82, 2.24) is 5.32 Å².